The van der Waals surface area contributed by atoms with Crippen LogP contribution in [0.1, 0.15) is 27.7 Å². The molecule has 0 spiro atoms. The Hall–Kier alpha value is -6.54. The molecule has 7 heteroatoms. The first kappa shape index (κ1) is 34.9. The van der Waals surface area contributed by atoms with Gasteiger partial charge in [-0.25, -0.2) is 9.97 Å². The molecular formula is C50H41BN4O2. The van der Waals surface area contributed by atoms with Gasteiger partial charge in [-0.1, -0.05) is 121 Å². The third kappa shape index (κ3) is 6.16. The smallest absolute Gasteiger partial charge is 0.399 e. The van der Waals surface area contributed by atoms with Gasteiger partial charge >= 0.3 is 7.12 Å². The molecule has 7 aromatic carbocycles. The van der Waals surface area contributed by atoms with E-state index in [2.05, 4.69) is 188 Å². The molecule has 2 aromatic heterocycles. The Bertz CT molecular complexity index is 2700. The molecule has 0 radical (unpaired) electrons. The van der Waals surface area contributed by atoms with Crippen molar-refractivity contribution in [3.8, 4) is 56.4 Å². The van der Waals surface area contributed by atoms with Crippen LogP contribution in [0.3, 0.4) is 0 Å². The number of imidazole rings is 2. The number of benzene rings is 7. The van der Waals surface area contributed by atoms with Gasteiger partial charge < -0.3 is 9.31 Å². The molecule has 1 fully saturated rings. The number of nitrogens with zero attached hydrogens (tertiary/aromatic N) is 4. The van der Waals surface area contributed by atoms with E-state index in [-0.39, 0.29) is 0 Å². The van der Waals surface area contributed by atoms with Gasteiger partial charge in [0.25, 0.3) is 0 Å². The molecule has 1 aliphatic heterocycles. The maximum absolute atomic E-state index is 6.61. The fourth-order valence-electron chi connectivity index (χ4n) is 7.84. The van der Waals surface area contributed by atoms with E-state index in [0.717, 1.165) is 83.9 Å². The minimum Gasteiger partial charge on any atom is -0.399 e. The summed E-state index contributed by atoms with van der Waals surface area (Å²) in [4.78, 5) is 10.2. The molecule has 0 N–H and O–H groups in total. The number of aromatic nitrogens is 4. The van der Waals surface area contributed by atoms with Crippen LogP contribution in [0.15, 0.2) is 176 Å². The van der Waals surface area contributed by atoms with Crippen molar-refractivity contribution in [2.24, 2.45) is 0 Å². The molecule has 0 saturated carbocycles. The summed E-state index contributed by atoms with van der Waals surface area (Å²) in [5, 5.41) is 0. The Morgan fingerprint density at radius 2 is 0.772 bits per heavy atom. The highest BCUT2D eigenvalue weighted by Crippen LogP contribution is 2.38. The van der Waals surface area contributed by atoms with Crippen molar-refractivity contribution >= 4 is 34.6 Å². The van der Waals surface area contributed by atoms with E-state index in [1.54, 1.807) is 0 Å². The Kier molecular flexibility index (Phi) is 8.33. The molecule has 10 rings (SSSR count). The molecule has 57 heavy (non-hydrogen) atoms. The topological polar surface area (TPSA) is 54.1 Å². The zero-order valence-corrected chi connectivity index (χ0v) is 32.4. The molecule has 9 aromatic rings. The summed E-state index contributed by atoms with van der Waals surface area (Å²) in [5.41, 5.74) is 12.7. The Morgan fingerprint density at radius 3 is 1.19 bits per heavy atom. The van der Waals surface area contributed by atoms with Crippen LogP contribution in [0.4, 0.5) is 0 Å². The summed E-state index contributed by atoms with van der Waals surface area (Å²) in [5.74, 6) is 1.81. The van der Waals surface area contributed by atoms with Crippen LogP contribution < -0.4 is 5.46 Å². The van der Waals surface area contributed by atoms with Gasteiger partial charge in [0, 0.05) is 22.5 Å². The minimum absolute atomic E-state index is 0.467. The number of fused-ring (bicyclic) bond motifs is 2. The van der Waals surface area contributed by atoms with Gasteiger partial charge in [-0.05, 0) is 110 Å². The van der Waals surface area contributed by atoms with Crippen molar-refractivity contribution in [1.82, 2.24) is 19.1 Å². The number of para-hydroxylation sites is 6. The predicted molar refractivity (Wildman–Crippen MR) is 233 cm³/mol. The van der Waals surface area contributed by atoms with Crippen molar-refractivity contribution in [1.29, 1.82) is 0 Å². The van der Waals surface area contributed by atoms with E-state index in [1.807, 2.05) is 24.3 Å². The van der Waals surface area contributed by atoms with Gasteiger partial charge in [-0.2, -0.15) is 0 Å². The van der Waals surface area contributed by atoms with Gasteiger partial charge in [-0.15, -0.1) is 0 Å². The molecule has 1 saturated heterocycles. The predicted octanol–water partition coefficient (Wildman–Crippen LogP) is 11.3. The lowest BCUT2D eigenvalue weighted by atomic mass is 9.76. The highest BCUT2D eigenvalue weighted by molar-refractivity contribution is 6.62. The average molecular weight is 741 g/mol. The van der Waals surface area contributed by atoms with Crippen LogP contribution in [-0.4, -0.2) is 37.4 Å². The number of rotatable bonds is 7. The second-order valence-corrected chi connectivity index (χ2v) is 15.8. The Labute approximate surface area is 333 Å². The summed E-state index contributed by atoms with van der Waals surface area (Å²) in [6, 6.07) is 61.6. The van der Waals surface area contributed by atoms with Crippen molar-refractivity contribution in [3.05, 3.63) is 176 Å². The maximum Gasteiger partial charge on any atom is 0.494 e. The van der Waals surface area contributed by atoms with Crippen molar-refractivity contribution in [3.63, 3.8) is 0 Å². The van der Waals surface area contributed by atoms with Gasteiger partial charge in [0.15, 0.2) is 0 Å². The van der Waals surface area contributed by atoms with E-state index >= 15 is 0 Å². The molecule has 0 aliphatic carbocycles. The second kappa shape index (κ2) is 13.6. The molecule has 0 atom stereocenters. The molecule has 0 amide bonds. The lowest BCUT2D eigenvalue weighted by Crippen LogP contribution is -2.41. The van der Waals surface area contributed by atoms with E-state index < -0.39 is 18.3 Å². The highest BCUT2D eigenvalue weighted by Gasteiger charge is 2.51. The molecular weight excluding hydrogens is 699 g/mol. The van der Waals surface area contributed by atoms with Crippen LogP contribution in [0.25, 0.3) is 78.5 Å². The fourth-order valence-corrected chi connectivity index (χ4v) is 7.84. The first-order valence-corrected chi connectivity index (χ1v) is 19.5. The average Bonchev–Trinajstić information content (AvgIpc) is 3.90. The van der Waals surface area contributed by atoms with Crippen molar-refractivity contribution < 1.29 is 9.31 Å². The first-order valence-electron chi connectivity index (χ1n) is 19.5. The molecule has 1 aliphatic rings. The summed E-state index contributed by atoms with van der Waals surface area (Å²) in [6.07, 6.45) is 0. The Balaban J connectivity index is 1.05. The molecule has 3 heterocycles. The van der Waals surface area contributed by atoms with Crippen molar-refractivity contribution in [2.45, 2.75) is 38.9 Å². The maximum atomic E-state index is 6.61. The Morgan fingerprint density at radius 1 is 0.404 bits per heavy atom. The second-order valence-electron chi connectivity index (χ2n) is 15.8. The van der Waals surface area contributed by atoms with E-state index in [9.17, 15) is 0 Å². The summed E-state index contributed by atoms with van der Waals surface area (Å²) >= 11 is 0. The van der Waals surface area contributed by atoms with Crippen molar-refractivity contribution in [2.75, 3.05) is 0 Å². The lowest BCUT2D eigenvalue weighted by Gasteiger charge is -2.32. The monoisotopic (exact) mass is 740 g/mol. The zero-order chi connectivity index (χ0) is 38.7. The number of hydrogen-bond donors (Lipinski definition) is 0. The molecule has 6 nitrogen and oxygen atoms in total. The van der Waals surface area contributed by atoms with Gasteiger partial charge in [0.1, 0.15) is 11.6 Å². The van der Waals surface area contributed by atoms with E-state index in [1.165, 1.54) is 0 Å². The van der Waals surface area contributed by atoms with Crippen LogP contribution in [0.2, 0.25) is 0 Å². The first-order chi connectivity index (χ1) is 27.7. The fraction of sp³-hybridized carbons (Fsp3) is 0.120. The molecule has 0 bridgehead atoms. The SMILES string of the molecule is CC1(C)OB(c2cc(-c3ccc(-c4nc5ccccc5n4-c4ccccc4)cc3)cc(-c3ccc(-c4nc5ccccc5n4-c4ccccc4)cc3)c2)OC1(C)C. The molecule has 0 unspecified atom stereocenters. The standard InChI is InChI=1S/C50H41BN4O2/c1-49(2)50(3,4)57-51(56-49)40-32-38(34-23-27-36(28-24-34)47-52-43-19-11-13-21-45(43)54(47)41-15-7-5-8-16-41)31-39(33-40)35-25-29-37(30-26-35)48-53-44-20-12-14-22-46(44)55(48)42-17-9-6-10-18-42/h5-33H,1-4H3. The van der Waals surface area contributed by atoms with Gasteiger partial charge in [0.05, 0.1) is 33.3 Å². The van der Waals surface area contributed by atoms with Crippen LogP contribution in [0.5, 0.6) is 0 Å². The van der Waals surface area contributed by atoms with E-state index in [0.29, 0.717) is 0 Å². The van der Waals surface area contributed by atoms with E-state index in [4.69, 9.17) is 19.3 Å². The highest BCUT2D eigenvalue weighted by atomic mass is 16.7. The quantitative estimate of drug-likeness (QED) is 0.153. The molecule has 276 valence electrons. The van der Waals surface area contributed by atoms with Gasteiger partial charge in [0.2, 0.25) is 0 Å². The lowest BCUT2D eigenvalue weighted by molar-refractivity contribution is 0.00578. The summed E-state index contributed by atoms with van der Waals surface area (Å²) in [6.45, 7) is 8.39. The normalized spacial score (nSPS) is 14.8. The third-order valence-electron chi connectivity index (χ3n) is 11.6. The number of hydrogen-bond acceptors (Lipinski definition) is 4. The van der Waals surface area contributed by atoms with Gasteiger partial charge in [-0.3, -0.25) is 9.13 Å². The zero-order valence-electron chi connectivity index (χ0n) is 32.4. The summed E-state index contributed by atoms with van der Waals surface area (Å²) in [7, 11) is -0.510. The summed E-state index contributed by atoms with van der Waals surface area (Å²) < 4.78 is 17.7. The van der Waals surface area contributed by atoms with Crippen LogP contribution in [0, 0.1) is 0 Å². The third-order valence-corrected chi connectivity index (χ3v) is 11.6. The largest absolute Gasteiger partial charge is 0.494 e. The minimum atomic E-state index is -0.510. The van der Waals surface area contributed by atoms with Crippen LogP contribution in [-0.2, 0) is 9.31 Å². The van der Waals surface area contributed by atoms with Crippen LogP contribution >= 0.6 is 0 Å².